The van der Waals surface area contributed by atoms with Gasteiger partial charge in [0, 0.05) is 17.7 Å². The van der Waals surface area contributed by atoms with Crippen LogP contribution in [0.15, 0.2) is 45.6 Å². The van der Waals surface area contributed by atoms with Crippen molar-refractivity contribution in [3.8, 4) is 34.3 Å². The number of fused-ring (bicyclic) bond motifs is 1. The highest BCUT2D eigenvalue weighted by Crippen LogP contribution is 2.42. The molecular weight excluding hydrogens is 444 g/mol. The first kappa shape index (κ1) is 22.4. The monoisotopic (exact) mass is 462 g/mol. The summed E-state index contributed by atoms with van der Waals surface area (Å²) in [7, 11) is 0. The van der Waals surface area contributed by atoms with Crippen molar-refractivity contribution >= 4 is 16.9 Å². The fraction of sp³-hybridized carbons (Fsp3) is 0.238. The summed E-state index contributed by atoms with van der Waals surface area (Å²) in [5.74, 6) is -4.01. The Labute approximate surface area is 183 Å². The van der Waals surface area contributed by atoms with Crippen LogP contribution in [0.5, 0.6) is 23.0 Å². The van der Waals surface area contributed by atoms with E-state index in [0.717, 1.165) is 12.1 Å². The Hall–Kier alpha value is -3.84. The van der Waals surface area contributed by atoms with Crippen molar-refractivity contribution < 1.29 is 54.4 Å². The molecule has 0 spiro atoms. The Morgan fingerprint density at radius 1 is 0.909 bits per heavy atom. The Bertz CT molecular complexity index is 1260. The van der Waals surface area contributed by atoms with Crippen LogP contribution >= 0.6 is 0 Å². The molecule has 1 fully saturated rings. The molecule has 5 atom stereocenters. The van der Waals surface area contributed by atoms with Crippen LogP contribution < -0.4 is 10.2 Å². The van der Waals surface area contributed by atoms with Gasteiger partial charge in [-0.05, 0) is 24.3 Å². The molecule has 0 aliphatic carbocycles. The summed E-state index contributed by atoms with van der Waals surface area (Å²) in [6, 6.07) is 7.74. The molecule has 1 saturated heterocycles. The number of ether oxygens (including phenoxy) is 2. The lowest BCUT2D eigenvalue weighted by atomic mass is 9.99. The van der Waals surface area contributed by atoms with Crippen molar-refractivity contribution in [1.82, 2.24) is 0 Å². The predicted molar refractivity (Wildman–Crippen MR) is 108 cm³/mol. The summed E-state index contributed by atoms with van der Waals surface area (Å²) in [4.78, 5) is 23.8. The fourth-order valence-electron chi connectivity index (χ4n) is 3.40. The molecule has 12 nitrogen and oxygen atoms in total. The number of hydrogen-bond acceptors (Lipinski definition) is 11. The third-order valence-corrected chi connectivity index (χ3v) is 5.14. The van der Waals surface area contributed by atoms with Gasteiger partial charge in [0.1, 0.15) is 40.8 Å². The van der Waals surface area contributed by atoms with E-state index < -0.39 is 59.4 Å². The number of carboxylic acid groups (broad SMARTS) is 1. The van der Waals surface area contributed by atoms with Crippen LogP contribution in [0.4, 0.5) is 0 Å². The van der Waals surface area contributed by atoms with Crippen molar-refractivity contribution in [1.29, 1.82) is 0 Å². The zero-order valence-corrected chi connectivity index (χ0v) is 16.5. The van der Waals surface area contributed by atoms with Crippen molar-refractivity contribution in [2.45, 2.75) is 30.7 Å². The van der Waals surface area contributed by atoms with E-state index in [1.54, 1.807) is 0 Å². The molecule has 4 rings (SSSR count). The summed E-state index contributed by atoms with van der Waals surface area (Å²) in [6.07, 6.45) is -9.67. The number of benzene rings is 2. The molecule has 0 amide bonds. The average Bonchev–Trinajstić information content (AvgIpc) is 2.77. The Kier molecular flexibility index (Phi) is 5.59. The van der Waals surface area contributed by atoms with E-state index in [1.165, 1.54) is 24.3 Å². The maximum absolute atomic E-state index is 12.6. The van der Waals surface area contributed by atoms with Crippen LogP contribution in [0.1, 0.15) is 0 Å². The second-order valence-corrected chi connectivity index (χ2v) is 7.32. The van der Waals surface area contributed by atoms with Crippen LogP contribution in [-0.2, 0) is 9.53 Å². The minimum absolute atomic E-state index is 0.0156. The normalized spacial score (nSPS) is 25.1. The highest BCUT2D eigenvalue weighted by atomic mass is 16.7. The third-order valence-electron chi connectivity index (χ3n) is 5.14. The quantitative estimate of drug-likeness (QED) is 0.253. The van der Waals surface area contributed by atoms with Crippen LogP contribution in [0.25, 0.3) is 22.3 Å². The molecule has 0 radical (unpaired) electrons. The van der Waals surface area contributed by atoms with Crippen LogP contribution in [0.2, 0.25) is 0 Å². The first-order valence-corrected chi connectivity index (χ1v) is 9.49. The second kappa shape index (κ2) is 8.26. The molecule has 12 heteroatoms. The lowest BCUT2D eigenvalue weighted by molar-refractivity contribution is -0.271. The highest BCUT2D eigenvalue weighted by Gasteiger charge is 2.48. The molecule has 33 heavy (non-hydrogen) atoms. The van der Waals surface area contributed by atoms with Gasteiger partial charge < -0.3 is 49.6 Å². The molecule has 1 aliphatic rings. The fourth-order valence-corrected chi connectivity index (χ4v) is 3.40. The molecule has 0 bridgehead atoms. The van der Waals surface area contributed by atoms with Crippen LogP contribution in [0, 0.1) is 0 Å². The van der Waals surface area contributed by atoms with Gasteiger partial charge in [-0.1, -0.05) is 0 Å². The number of rotatable bonds is 4. The number of phenolic OH excluding ortho intramolecular Hbond substituents is 3. The zero-order valence-electron chi connectivity index (χ0n) is 16.5. The number of aliphatic hydroxyl groups is 3. The maximum Gasteiger partial charge on any atom is 0.335 e. The average molecular weight is 462 g/mol. The van der Waals surface area contributed by atoms with Gasteiger partial charge in [-0.3, -0.25) is 4.79 Å². The van der Waals surface area contributed by atoms with Gasteiger partial charge in [-0.2, -0.15) is 0 Å². The van der Waals surface area contributed by atoms with Gasteiger partial charge in [0.05, 0.1) is 0 Å². The van der Waals surface area contributed by atoms with E-state index in [9.17, 15) is 40.2 Å². The van der Waals surface area contributed by atoms with E-state index in [1.807, 2.05) is 0 Å². The van der Waals surface area contributed by atoms with Crippen molar-refractivity contribution in [2.75, 3.05) is 0 Å². The van der Waals surface area contributed by atoms with E-state index in [4.69, 9.17) is 19.0 Å². The predicted octanol–water partition coefficient (Wildman–Crippen LogP) is -0.152. The number of aromatic hydroxyl groups is 3. The number of hydrogen-bond donors (Lipinski definition) is 7. The molecule has 0 saturated carbocycles. The third kappa shape index (κ3) is 3.91. The van der Waals surface area contributed by atoms with E-state index in [-0.39, 0.29) is 22.5 Å². The van der Waals surface area contributed by atoms with Crippen molar-refractivity contribution in [3.05, 3.63) is 46.6 Å². The molecule has 1 aliphatic heterocycles. The number of phenols is 3. The van der Waals surface area contributed by atoms with Gasteiger partial charge in [0.2, 0.25) is 12.0 Å². The number of aliphatic carboxylic acids is 1. The van der Waals surface area contributed by atoms with Gasteiger partial charge >= 0.3 is 5.97 Å². The van der Waals surface area contributed by atoms with E-state index in [2.05, 4.69) is 0 Å². The summed E-state index contributed by atoms with van der Waals surface area (Å²) in [6.45, 7) is 0. The first-order chi connectivity index (χ1) is 15.6. The Morgan fingerprint density at radius 3 is 2.21 bits per heavy atom. The topological polar surface area (TPSA) is 207 Å². The lowest BCUT2D eigenvalue weighted by Gasteiger charge is -2.38. The lowest BCUT2D eigenvalue weighted by Crippen LogP contribution is -2.61. The smallest absolute Gasteiger partial charge is 0.335 e. The number of carboxylic acids is 1. The first-order valence-electron chi connectivity index (χ1n) is 9.49. The summed E-state index contributed by atoms with van der Waals surface area (Å²) in [5.41, 5.74) is -0.539. The summed E-state index contributed by atoms with van der Waals surface area (Å²) >= 11 is 0. The summed E-state index contributed by atoms with van der Waals surface area (Å²) in [5, 5.41) is 68.6. The minimum Gasteiger partial charge on any atom is -0.508 e. The van der Waals surface area contributed by atoms with Crippen molar-refractivity contribution in [3.63, 3.8) is 0 Å². The number of aliphatic hydroxyl groups excluding tert-OH is 3. The Balaban J connectivity index is 1.76. The SMILES string of the molecule is O=C(O)[C@H]1O[C@H](Oc2cc3oc(-c4ccc(O)cc4)cc(=O)c3c(O)c2O)[C@H](O)[C@@H](O)[C@@H]1O. The molecule has 1 aromatic heterocycles. The van der Waals surface area contributed by atoms with Gasteiger partial charge in [0.25, 0.3) is 0 Å². The molecule has 2 aromatic carbocycles. The molecular formula is C21H18O12. The molecule has 174 valence electrons. The zero-order chi connectivity index (χ0) is 24.0. The van der Waals surface area contributed by atoms with Crippen molar-refractivity contribution in [2.24, 2.45) is 0 Å². The molecule has 0 unspecified atom stereocenters. The van der Waals surface area contributed by atoms with Crippen LogP contribution in [0.3, 0.4) is 0 Å². The minimum atomic E-state index is -1.96. The molecule has 2 heterocycles. The number of carbonyl (C=O) groups is 1. The second-order valence-electron chi connectivity index (χ2n) is 7.32. The van der Waals surface area contributed by atoms with Gasteiger partial charge in [0.15, 0.2) is 23.0 Å². The standard InChI is InChI=1S/C21H18O12/c22-8-3-1-7(2-4-8)10-5-9(23)13-11(31-10)6-12(14(24)15(13)25)32-21-18(28)16(26)17(27)19(33-21)20(29)30/h1-6,16-19,21-22,24-28H,(H,29,30)/t16-,17-,18+,19-,21-/m0/s1. The molecule has 7 N–H and O–H groups in total. The largest absolute Gasteiger partial charge is 0.508 e. The maximum atomic E-state index is 12.6. The van der Waals surface area contributed by atoms with Gasteiger partial charge in [-0.15, -0.1) is 0 Å². The van der Waals surface area contributed by atoms with Crippen LogP contribution in [-0.4, -0.2) is 72.4 Å². The van der Waals surface area contributed by atoms with E-state index >= 15 is 0 Å². The van der Waals surface area contributed by atoms with E-state index in [0.29, 0.717) is 5.56 Å². The highest BCUT2D eigenvalue weighted by molar-refractivity contribution is 5.89. The Morgan fingerprint density at radius 2 is 1.58 bits per heavy atom. The summed E-state index contributed by atoms with van der Waals surface area (Å²) < 4.78 is 15.9. The van der Waals surface area contributed by atoms with Gasteiger partial charge in [-0.25, -0.2) is 4.79 Å². The molecule has 3 aromatic rings.